The Kier molecular flexibility index (Phi) is 4.72. The van der Waals surface area contributed by atoms with Gasteiger partial charge in [-0.25, -0.2) is 4.98 Å². The quantitative estimate of drug-likeness (QED) is 0.902. The van der Waals surface area contributed by atoms with Gasteiger partial charge in [0.25, 0.3) is 0 Å². The van der Waals surface area contributed by atoms with Crippen molar-refractivity contribution in [3.63, 3.8) is 0 Å². The van der Waals surface area contributed by atoms with Crippen LogP contribution in [0, 0.1) is 0 Å². The zero-order valence-corrected chi connectivity index (χ0v) is 12.4. The number of hydrogen-bond acceptors (Lipinski definition) is 5. The van der Waals surface area contributed by atoms with Gasteiger partial charge in [0.05, 0.1) is 11.7 Å². The summed E-state index contributed by atoms with van der Waals surface area (Å²) in [7, 11) is 0. The summed E-state index contributed by atoms with van der Waals surface area (Å²) in [5.41, 5.74) is 7.01. The third kappa shape index (κ3) is 3.51. The highest BCUT2D eigenvalue weighted by atomic mass is 32.1. The Morgan fingerprint density at radius 3 is 2.44 bits per heavy atom. The summed E-state index contributed by atoms with van der Waals surface area (Å²) in [5, 5.41) is 3.19. The van der Waals surface area contributed by atoms with Gasteiger partial charge < -0.3 is 5.73 Å². The van der Waals surface area contributed by atoms with Crippen molar-refractivity contribution in [1.29, 1.82) is 0 Å². The lowest BCUT2D eigenvalue weighted by Crippen LogP contribution is -2.48. The molecule has 18 heavy (non-hydrogen) atoms. The molecular formula is C13H24N4S. The second-order valence-corrected chi connectivity index (χ2v) is 6.26. The summed E-state index contributed by atoms with van der Waals surface area (Å²) in [6.45, 7) is 12.1. The first-order valence-corrected chi connectivity index (χ1v) is 7.60. The molecule has 1 atom stereocenters. The molecule has 0 saturated carbocycles. The molecule has 0 bridgehead atoms. The van der Waals surface area contributed by atoms with Gasteiger partial charge in [0.1, 0.15) is 5.01 Å². The maximum atomic E-state index is 5.84. The second kappa shape index (κ2) is 6.10. The first kappa shape index (κ1) is 13.9. The fraction of sp³-hybridized carbons (Fsp3) is 0.769. The lowest BCUT2D eigenvalue weighted by Gasteiger charge is -2.36. The zero-order valence-electron chi connectivity index (χ0n) is 11.6. The number of hydrogen-bond donors (Lipinski definition) is 1. The van der Waals surface area contributed by atoms with Gasteiger partial charge in [-0.15, -0.1) is 11.3 Å². The van der Waals surface area contributed by atoms with Gasteiger partial charge in [0.2, 0.25) is 0 Å². The minimum Gasteiger partial charge on any atom is -0.322 e. The summed E-state index contributed by atoms with van der Waals surface area (Å²) >= 11 is 1.68. The predicted octanol–water partition coefficient (Wildman–Crippen LogP) is 1.69. The van der Waals surface area contributed by atoms with E-state index in [-0.39, 0.29) is 6.04 Å². The van der Waals surface area contributed by atoms with Crippen LogP contribution in [0.5, 0.6) is 0 Å². The van der Waals surface area contributed by atoms with Crippen LogP contribution in [-0.2, 0) is 6.54 Å². The molecule has 4 nitrogen and oxygen atoms in total. The summed E-state index contributed by atoms with van der Waals surface area (Å²) < 4.78 is 0. The molecule has 1 aromatic heterocycles. The van der Waals surface area contributed by atoms with E-state index in [4.69, 9.17) is 5.73 Å². The molecule has 1 aliphatic heterocycles. The number of nitrogens with zero attached hydrogens (tertiary/aromatic N) is 3. The minimum absolute atomic E-state index is 0.0570. The number of aromatic nitrogens is 1. The molecule has 5 heteroatoms. The first-order valence-electron chi connectivity index (χ1n) is 6.72. The van der Waals surface area contributed by atoms with Crippen LogP contribution >= 0.6 is 11.3 Å². The van der Waals surface area contributed by atoms with Crippen molar-refractivity contribution in [2.24, 2.45) is 5.73 Å². The third-order valence-electron chi connectivity index (χ3n) is 3.48. The highest BCUT2D eigenvalue weighted by Crippen LogP contribution is 2.17. The van der Waals surface area contributed by atoms with Gasteiger partial charge in [-0.2, -0.15) is 0 Å². The van der Waals surface area contributed by atoms with Crippen LogP contribution in [0.4, 0.5) is 0 Å². The number of piperazine rings is 1. The molecule has 1 unspecified atom stereocenters. The number of thiazole rings is 1. The molecule has 0 radical (unpaired) electrons. The van der Waals surface area contributed by atoms with Crippen LogP contribution in [0.15, 0.2) is 5.38 Å². The Morgan fingerprint density at radius 2 is 1.94 bits per heavy atom. The van der Waals surface area contributed by atoms with Gasteiger partial charge in [-0.1, -0.05) is 0 Å². The molecule has 1 aliphatic rings. The van der Waals surface area contributed by atoms with E-state index in [0.717, 1.165) is 24.6 Å². The molecule has 1 saturated heterocycles. The molecular weight excluding hydrogens is 244 g/mol. The van der Waals surface area contributed by atoms with E-state index in [1.165, 1.54) is 18.8 Å². The van der Waals surface area contributed by atoms with Crippen molar-refractivity contribution in [3.05, 3.63) is 16.1 Å². The highest BCUT2D eigenvalue weighted by molar-refractivity contribution is 7.09. The largest absolute Gasteiger partial charge is 0.322 e. The van der Waals surface area contributed by atoms with Crippen molar-refractivity contribution >= 4 is 11.3 Å². The van der Waals surface area contributed by atoms with Crippen LogP contribution < -0.4 is 5.73 Å². The third-order valence-corrected chi connectivity index (χ3v) is 4.58. The Bertz CT molecular complexity index is 367. The summed E-state index contributed by atoms with van der Waals surface area (Å²) in [4.78, 5) is 9.61. The summed E-state index contributed by atoms with van der Waals surface area (Å²) in [6, 6.07) is 0.720. The van der Waals surface area contributed by atoms with Crippen LogP contribution in [0.25, 0.3) is 0 Å². The van der Waals surface area contributed by atoms with Gasteiger partial charge in [0.15, 0.2) is 0 Å². The average molecular weight is 268 g/mol. The fourth-order valence-corrected chi connectivity index (χ4v) is 3.04. The maximum Gasteiger partial charge on any atom is 0.109 e. The van der Waals surface area contributed by atoms with Gasteiger partial charge in [-0.05, 0) is 20.8 Å². The van der Waals surface area contributed by atoms with E-state index in [1.54, 1.807) is 11.3 Å². The Morgan fingerprint density at radius 1 is 1.28 bits per heavy atom. The van der Waals surface area contributed by atoms with Crippen LogP contribution in [-0.4, -0.2) is 47.0 Å². The van der Waals surface area contributed by atoms with E-state index in [9.17, 15) is 0 Å². The second-order valence-electron chi connectivity index (χ2n) is 5.37. The van der Waals surface area contributed by atoms with Crippen molar-refractivity contribution in [1.82, 2.24) is 14.8 Å². The molecule has 102 valence electrons. The van der Waals surface area contributed by atoms with E-state index >= 15 is 0 Å². The Labute approximate surface area is 114 Å². The zero-order chi connectivity index (χ0) is 13.1. The van der Waals surface area contributed by atoms with Crippen molar-refractivity contribution in [2.45, 2.75) is 39.4 Å². The smallest absolute Gasteiger partial charge is 0.109 e. The molecule has 2 rings (SSSR count). The van der Waals surface area contributed by atoms with E-state index in [2.05, 4.69) is 34.0 Å². The predicted molar refractivity (Wildman–Crippen MR) is 76.7 cm³/mol. The molecule has 2 N–H and O–H groups in total. The topological polar surface area (TPSA) is 45.4 Å². The molecule has 2 heterocycles. The Hall–Kier alpha value is -0.490. The van der Waals surface area contributed by atoms with Crippen molar-refractivity contribution < 1.29 is 0 Å². The fourth-order valence-electron chi connectivity index (χ4n) is 2.27. The maximum absolute atomic E-state index is 5.84. The molecule has 0 amide bonds. The highest BCUT2D eigenvalue weighted by Gasteiger charge is 2.19. The molecule has 1 fully saturated rings. The van der Waals surface area contributed by atoms with Gasteiger partial charge in [-0.3, -0.25) is 9.80 Å². The molecule has 0 aromatic carbocycles. The lowest BCUT2D eigenvalue weighted by atomic mass is 10.2. The summed E-state index contributed by atoms with van der Waals surface area (Å²) in [5.74, 6) is 0. The average Bonchev–Trinajstić information content (AvgIpc) is 2.78. The van der Waals surface area contributed by atoms with Crippen molar-refractivity contribution in [3.8, 4) is 0 Å². The van der Waals surface area contributed by atoms with Crippen molar-refractivity contribution in [2.75, 3.05) is 26.2 Å². The van der Waals surface area contributed by atoms with E-state index in [0.29, 0.717) is 6.04 Å². The number of rotatable bonds is 4. The number of nitrogens with two attached hydrogens (primary N) is 1. The first-order chi connectivity index (χ1) is 8.56. The van der Waals surface area contributed by atoms with E-state index in [1.807, 2.05) is 6.92 Å². The SMILES string of the molecule is CC(N)c1nc(CN2CCN(C(C)C)CC2)cs1. The van der Waals surface area contributed by atoms with Crippen LogP contribution in [0.3, 0.4) is 0 Å². The standard InChI is InChI=1S/C13H24N4S/c1-10(2)17-6-4-16(5-7-17)8-12-9-18-13(15-12)11(3)14/h9-11H,4-8,14H2,1-3H3. The lowest BCUT2D eigenvalue weighted by molar-refractivity contribution is 0.103. The molecule has 0 spiro atoms. The van der Waals surface area contributed by atoms with Crippen LogP contribution in [0.1, 0.15) is 37.5 Å². The minimum atomic E-state index is 0.0570. The van der Waals surface area contributed by atoms with E-state index < -0.39 is 0 Å². The van der Waals surface area contributed by atoms with Crippen LogP contribution in [0.2, 0.25) is 0 Å². The summed E-state index contributed by atoms with van der Waals surface area (Å²) in [6.07, 6.45) is 0. The molecule has 1 aromatic rings. The Balaban J connectivity index is 1.84. The van der Waals surface area contributed by atoms with Gasteiger partial charge >= 0.3 is 0 Å². The van der Waals surface area contributed by atoms with Gasteiger partial charge in [0, 0.05) is 44.1 Å². The molecule has 0 aliphatic carbocycles. The normalized spacial score (nSPS) is 20.5. The monoisotopic (exact) mass is 268 g/mol.